The molecule has 0 unspecified atom stereocenters. The molecular weight excluding hydrogens is 254 g/mol. The van der Waals surface area contributed by atoms with Gasteiger partial charge in [0.2, 0.25) is 0 Å². The highest BCUT2D eigenvalue weighted by atomic mass is 16.5. The maximum absolute atomic E-state index is 10.8. The Balaban J connectivity index is 1.93. The van der Waals surface area contributed by atoms with Gasteiger partial charge in [-0.3, -0.25) is 4.79 Å². The molecule has 2 aromatic rings. The summed E-state index contributed by atoms with van der Waals surface area (Å²) in [6.07, 6.45) is -0.243. The standard InChI is InChI=1S/C16H15NO3/c17-14(16(18)19)9-20-15-12-7-3-1-5-10(12)11-6-2-4-8-13(11)15/h1-8,14-15H,9,17H2,(H,18,19)/t14-/m0/s1. The number of carboxylic acids is 1. The molecule has 0 amide bonds. The highest BCUT2D eigenvalue weighted by Gasteiger charge is 2.29. The van der Waals surface area contributed by atoms with Gasteiger partial charge in [0, 0.05) is 0 Å². The number of nitrogens with two attached hydrogens (primary N) is 1. The summed E-state index contributed by atoms with van der Waals surface area (Å²) < 4.78 is 5.77. The normalized spacial score (nSPS) is 14.7. The topological polar surface area (TPSA) is 72.5 Å². The van der Waals surface area contributed by atoms with Crippen LogP contribution in [0.2, 0.25) is 0 Å². The van der Waals surface area contributed by atoms with Gasteiger partial charge in [0.05, 0.1) is 6.61 Å². The van der Waals surface area contributed by atoms with E-state index in [0.29, 0.717) is 0 Å². The lowest BCUT2D eigenvalue weighted by Crippen LogP contribution is -2.35. The van der Waals surface area contributed by atoms with E-state index < -0.39 is 12.0 Å². The monoisotopic (exact) mass is 269 g/mol. The van der Waals surface area contributed by atoms with Crippen molar-refractivity contribution >= 4 is 5.97 Å². The maximum Gasteiger partial charge on any atom is 0.322 e. The number of fused-ring (bicyclic) bond motifs is 3. The van der Waals surface area contributed by atoms with Crippen molar-refractivity contribution in [2.75, 3.05) is 6.61 Å². The number of rotatable bonds is 4. The molecule has 4 nitrogen and oxygen atoms in total. The lowest BCUT2D eigenvalue weighted by atomic mass is 10.1. The van der Waals surface area contributed by atoms with Gasteiger partial charge in [-0.2, -0.15) is 0 Å². The lowest BCUT2D eigenvalue weighted by Gasteiger charge is -2.16. The predicted molar refractivity (Wildman–Crippen MR) is 75.3 cm³/mol. The highest BCUT2D eigenvalue weighted by molar-refractivity contribution is 5.78. The molecule has 20 heavy (non-hydrogen) atoms. The second-order valence-electron chi connectivity index (χ2n) is 4.83. The summed E-state index contributed by atoms with van der Waals surface area (Å²) in [6.45, 7) is -0.0112. The zero-order valence-electron chi connectivity index (χ0n) is 10.8. The van der Waals surface area contributed by atoms with E-state index in [2.05, 4.69) is 12.1 Å². The summed E-state index contributed by atoms with van der Waals surface area (Å²) in [5, 5.41) is 8.84. The van der Waals surface area contributed by atoms with Crippen LogP contribution >= 0.6 is 0 Å². The third-order valence-corrected chi connectivity index (χ3v) is 3.54. The van der Waals surface area contributed by atoms with Crippen LogP contribution in [0, 0.1) is 0 Å². The Bertz CT molecular complexity index is 608. The van der Waals surface area contributed by atoms with Gasteiger partial charge in [-0.1, -0.05) is 48.5 Å². The van der Waals surface area contributed by atoms with Crippen LogP contribution in [0.4, 0.5) is 0 Å². The number of benzene rings is 2. The van der Waals surface area contributed by atoms with Gasteiger partial charge in [0.25, 0.3) is 0 Å². The third-order valence-electron chi connectivity index (χ3n) is 3.54. The molecule has 0 saturated carbocycles. The van der Waals surface area contributed by atoms with Crippen molar-refractivity contribution in [1.82, 2.24) is 0 Å². The Morgan fingerprint density at radius 1 is 1.10 bits per heavy atom. The number of hydrogen-bond acceptors (Lipinski definition) is 3. The van der Waals surface area contributed by atoms with Crippen LogP contribution < -0.4 is 5.73 Å². The van der Waals surface area contributed by atoms with Crippen LogP contribution in [0.1, 0.15) is 17.2 Å². The average molecular weight is 269 g/mol. The van der Waals surface area contributed by atoms with Crippen molar-refractivity contribution in [3.05, 3.63) is 59.7 Å². The highest BCUT2D eigenvalue weighted by Crippen LogP contribution is 2.44. The molecule has 4 heteroatoms. The Labute approximate surface area is 116 Å². The maximum atomic E-state index is 10.8. The van der Waals surface area contributed by atoms with E-state index >= 15 is 0 Å². The van der Waals surface area contributed by atoms with Crippen molar-refractivity contribution in [3.8, 4) is 11.1 Å². The zero-order valence-corrected chi connectivity index (χ0v) is 10.8. The number of ether oxygens (including phenoxy) is 1. The Kier molecular flexibility index (Phi) is 3.26. The minimum Gasteiger partial charge on any atom is -0.480 e. The SMILES string of the molecule is N[C@@H](COC1c2ccccc2-c2ccccc21)C(=O)O. The fourth-order valence-corrected chi connectivity index (χ4v) is 2.56. The smallest absolute Gasteiger partial charge is 0.322 e. The molecule has 0 radical (unpaired) electrons. The van der Waals surface area contributed by atoms with Crippen molar-refractivity contribution < 1.29 is 14.6 Å². The Morgan fingerprint density at radius 2 is 1.60 bits per heavy atom. The van der Waals surface area contributed by atoms with Crippen molar-refractivity contribution in [2.45, 2.75) is 12.1 Å². The molecule has 0 heterocycles. The van der Waals surface area contributed by atoms with Crippen LogP contribution in [-0.4, -0.2) is 23.7 Å². The summed E-state index contributed by atoms with van der Waals surface area (Å²) in [5.74, 6) is -1.05. The Morgan fingerprint density at radius 3 is 2.10 bits per heavy atom. The molecule has 0 saturated heterocycles. The van der Waals surface area contributed by atoms with Crippen LogP contribution in [0.15, 0.2) is 48.5 Å². The van der Waals surface area contributed by atoms with Crippen molar-refractivity contribution in [1.29, 1.82) is 0 Å². The second kappa shape index (κ2) is 5.07. The number of hydrogen-bond donors (Lipinski definition) is 2. The second-order valence-corrected chi connectivity index (χ2v) is 4.83. The molecule has 0 aliphatic heterocycles. The molecule has 0 aromatic heterocycles. The van der Waals surface area contributed by atoms with E-state index in [4.69, 9.17) is 15.6 Å². The van der Waals surface area contributed by atoms with Gasteiger partial charge >= 0.3 is 5.97 Å². The summed E-state index contributed by atoms with van der Waals surface area (Å²) in [5.41, 5.74) is 9.90. The third kappa shape index (κ3) is 2.09. The first-order chi connectivity index (χ1) is 9.68. The van der Waals surface area contributed by atoms with Crippen LogP contribution in [-0.2, 0) is 9.53 Å². The van der Waals surface area contributed by atoms with Gasteiger partial charge in [0.15, 0.2) is 0 Å². The number of aliphatic carboxylic acids is 1. The first kappa shape index (κ1) is 12.8. The molecule has 0 spiro atoms. The van der Waals surface area contributed by atoms with Gasteiger partial charge in [-0.05, 0) is 22.3 Å². The summed E-state index contributed by atoms with van der Waals surface area (Å²) in [7, 11) is 0. The van der Waals surface area contributed by atoms with Crippen LogP contribution in [0.3, 0.4) is 0 Å². The van der Waals surface area contributed by atoms with E-state index in [-0.39, 0.29) is 12.7 Å². The van der Waals surface area contributed by atoms with E-state index in [1.807, 2.05) is 36.4 Å². The van der Waals surface area contributed by atoms with Crippen LogP contribution in [0.5, 0.6) is 0 Å². The van der Waals surface area contributed by atoms with Gasteiger partial charge < -0.3 is 15.6 Å². The quantitative estimate of drug-likeness (QED) is 0.892. The average Bonchev–Trinajstić information content (AvgIpc) is 2.79. The molecule has 1 aliphatic rings. The van der Waals surface area contributed by atoms with E-state index in [0.717, 1.165) is 22.3 Å². The molecule has 2 aromatic carbocycles. The molecule has 0 bridgehead atoms. The van der Waals surface area contributed by atoms with Crippen molar-refractivity contribution in [2.24, 2.45) is 5.73 Å². The fraction of sp³-hybridized carbons (Fsp3) is 0.188. The van der Waals surface area contributed by atoms with E-state index in [1.54, 1.807) is 0 Å². The predicted octanol–water partition coefficient (Wildman–Crippen LogP) is 2.18. The zero-order chi connectivity index (χ0) is 14.1. The molecule has 3 N–H and O–H groups in total. The van der Waals surface area contributed by atoms with Crippen molar-refractivity contribution in [3.63, 3.8) is 0 Å². The molecule has 3 rings (SSSR count). The summed E-state index contributed by atoms with van der Waals surface area (Å²) in [4.78, 5) is 10.8. The van der Waals surface area contributed by atoms with Crippen LogP contribution in [0.25, 0.3) is 11.1 Å². The number of carboxylic acid groups (broad SMARTS) is 1. The first-order valence-electron chi connectivity index (χ1n) is 6.46. The first-order valence-corrected chi connectivity index (χ1v) is 6.46. The van der Waals surface area contributed by atoms with E-state index in [9.17, 15) is 4.79 Å². The largest absolute Gasteiger partial charge is 0.480 e. The van der Waals surface area contributed by atoms with Gasteiger partial charge in [-0.15, -0.1) is 0 Å². The minimum atomic E-state index is -1.05. The van der Waals surface area contributed by atoms with Gasteiger partial charge in [-0.25, -0.2) is 0 Å². The molecule has 1 aliphatic carbocycles. The lowest BCUT2D eigenvalue weighted by molar-refractivity contribution is -0.140. The molecule has 0 fully saturated rings. The fourth-order valence-electron chi connectivity index (χ4n) is 2.56. The minimum absolute atomic E-state index is 0.0112. The summed E-state index contributed by atoms with van der Waals surface area (Å²) in [6, 6.07) is 15.0. The molecular formula is C16H15NO3. The molecule has 1 atom stereocenters. The van der Waals surface area contributed by atoms with E-state index in [1.165, 1.54) is 0 Å². The Hall–Kier alpha value is -2.17. The van der Waals surface area contributed by atoms with Gasteiger partial charge in [0.1, 0.15) is 12.1 Å². The molecule has 102 valence electrons. The number of carbonyl (C=O) groups is 1. The summed E-state index contributed by atoms with van der Waals surface area (Å²) >= 11 is 0.